The van der Waals surface area contributed by atoms with Crippen LogP contribution >= 0.6 is 0 Å². The van der Waals surface area contributed by atoms with Gasteiger partial charge >= 0.3 is 0 Å². The molecule has 3 heteroatoms. The van der Waals surface area contributed by atoms with Crippen molar-refractivity contribution in [2.45, 2.75) is 46.2 Å². The summed E-state index contributed by atoms with van der Waals surface area (Å²) in [5.41, 5.74) is 5.84. The Morgan fingerprint density at radius 1 is 1.54 bits per heavy atom. The predicted octanol–water partition coefficient (Wildman–Crippen LogP) is 1.44. The molecule has 0 saturated carbocycles. The Hall–Kier alpha value is -0.730. The van der Waals surface area contributed by atoms with E-state index < -0.39 is 0 Å². The Kier molecular flexibility index (Phi) is 3.17. The molecule has 0 aromatic heterocycles. The highest BCUT2D eigenvalue weighted by atomic mass is 15.3. The van der Waals surface area contributed by atoms with Crippen molar-refractivity contribution in [2.24, 2.45) is 16.6 Å². The summed E-state index contributed by atoms with van der Waals surface area (Å²) in [6, 6.07) is 0.982. The summed E-state index contributed by atoms with van der Waals surface area (Å²) < 4.78 is 0. The quantitative estimate of drug-likeness (QED) is 0.719. The molecule has 0 aromatic carbocycles. The minimum atomic E-state index is 0.463. The minimum Gasteiger partial charge on any atom is -0.370 e. The molecule has 1 rings (SSSR count). The van der Waals surface area contributed by atoms with E-state index in [1.54, 1.807) is 0 Å². The van der Waals surface area contributed by atoms with Crippen LogP contribution in [0.25, 0.3) is 0 Å². The molecule has 1 aliphatic heterocycles. The number of aliphatic imine (C=N–C) groups is 1. The van der Waals surface area contributed by atoms with Crippen molar-refractivity contribution in [1.29, 1.82) is 0 Å². The summed E-state index contributed by atoms with van der Waals surface area (Å²) in [7, 11) is 0. The van der Waals surface area contributed by atoms with E-state index in [0.29, 0.717) is 18.0 Å². The molecule has 13 heavy (non-hydrogen) atoms. The zero-order valence-corrected chi connectivity index (χ0v) is 9.12. The van der Waals surface area contributed by atoms with Gasteiger partial charge in [-0.2, -0.15) is 0 Å². The molecule has 2 N–H and O–H groups in total. The Labute approximate surface area is 81.0 Å². The average molecular weight is 183 g/mol. The number of rotatable bonds is 3. The molecule has 3 nitrogen and oxygen atoms in total. The van der Waals surface area contributed by atoms with Gasteiger partial charge in [0.1, 0.15) is 0 Å². The summed E-state index contributed by atoms with van der Waals surface area (Å²) in [5, 5.41) is 0. The van der Waals surface area contributed by atoms with Crippen molar-refractivity contribution in [3.8, 4) is 0 Å². The average Bonchev–Trinajstić information content (AvgIpc) is 2.45. The highest BCUT2D eigenvalue weighted by Crippen LogP contribution is 2.21. The second kappa shape index (κ2) is 3.99. The minimum absolute atomic E-state index is 0.463. The molecule has 1 heterocycles. The molecule has 0 aromatic rings. The fourth-order valence-corrected chi connectivity index (χ4v) is 1.90. The maximum atomic E-state index is 5.84. The van der Waals surface area contributed by atoms with Crippen molar-refractivity contribution < 1.29 is 0 Å². The third kappa shape index (κ3) is 1.95. The molecule has 0 spiro atoms. The number of guanidine groups is 1. The van der Waals surface area contributed by atoms with Crippen LogP contribution in [0.4, 0.5) is 0 Å². The number of nitrogens with two attached hydrogens (primary N) is 1. The van der Waals surface area contributed by atoms with Crippen LogP contribution in [0.5, 0.6) is 0 Å². The van der Waals surface area contributed by atoms with Crippen LogP contribution in [0.15, 0.2) is 4.99 Å². The van der Waals surface area contributed by atoms with Crippen LogP contribution in [0, 0.1) is 5.92 Å². The van der Waals surface area contributed by atoms with Gasteiger partial charge in [-0.25, -0.2) is 0 Å². The molecular weight excluding hydrogens is 162 g/mol. The van der Waals surface area contributed by atoms with Crippen molar-refractivity contribution in [1.82, 2.24) is 4.90 Å². The van der Waals surface area contributed by atoms with Crippen molar-refractivity contribution in [3.63, 3.8) is 0 Å². The van der Waals surface area contributed by atoms with Crippen molar-refractivity contribution in [2.75, 3.05) is 6.54 Å². The van der Waals surface area contributed by atoms with E-state index in [1.165, 1.54) is 6.42 Å². The standard InChI is InChI=1S/C10H21N3/c1-5-8(4)9-6-12-10(11)13(9)7(2)3/h7-9H,5-6H2,1-4H3,(H2,11,12). The Morgan fingerprint density at radius 3 is 2.62 bits per heavy atom. The predicted molar refractivity (Wildman–Crippen MR) is 56.7 cm³/mol. The van der Waals surface area contributed by atoms with Gasteiger partial charge in [0.25, 0.3) is 0 Å². The van der Waals surface area contributed by atoms with E-state index >= 15 is 0 Å². The maximum absolute atomic E-state index is 5.84. The number of nitrogens with zero attached hydrogens (tertiary/aromatic N) is 2. The lowest BCUT2D eigenvalue weighted by atomic mass is 9.98. The third-order valence-corrected chi connectivity index (χ3v) is 2.92. The van der Waals surface area contributed by atoms with Gasteiger partial charge in [-0.15, -0.1) is 0 Å². The first-order chi connectivity index (χ1) is 6.07. The van der Waals surface area contributed by atoms with Gasteiger partial charge in [0.05, 0.1) is 12.6 Å². The smallest absolute Gasteiger partial charge is 0.191 e. The molecule has 0 aliphatic carbocycles. The molecule has 0 fully saturated rings. The molecule has 0 radical (unpaired) electrons. The first-order valence-electron chi connectivity index (χ1n) is 5.16. The largest absolute Gasteiger partial charge is 0.370 e. The highest BCUT2D eigenvalue weighted by molar-refractivity contribution is 5.80. The van der Waals surface area contributed by atoms with E-state index in [1.807, 2.05) is 0 Å². The SMILES string of the molecule is CCC(C)C1CN=C(N)N1C(C)C. The number of hydrogen-bond acceptors (Lipinski definition) is 3. The van der Waals surface area contributed by atoms with E-state index in [2.05, 4.69) is 37.6 Å². The lowest BCUT2D eigenvalue weighted by Gasteiger charge is -2.33. The van der Waals surface area contributed by atoms with Crippen LogP contribution in [0.2, 0.25) is 0 Å². The van der Waals surface area contributed by atoms with Crippen molar-refractivity contribution >= 4 is 5.96 Å². The molecule has 0 bridgehead atoms. The van der Waals surface area contributed by atoms with Gasteiger partial charge in [-0.05, 0) is 19.8 Å². The fourth-order valence-electron chi connectivity index (χ4n) is 1.90. The van der Waals surface area contributed by atoms with Gasteiger partial charge in [0.15, 0.2) is 5.96 Å². The Balaban J connectivity index is 2.69. The van der Waals surface area contributed by atoms with Crippen molar-refractivity contribution in [3.05, 3.63) is 0 Å². The van der Waals surface area contributed by atoms with Crippen LogP contribution in [-0.4, -0.2) is 29.5 Å². The first-order valence-corrected chi connectivity index (χ1v) is 5.16. The monoisotopic (exact) mass is 183 g/mol. The third-order valence-electron chi connectivity index (χ3n) is 2.92. The molecule has 2 atom stereocenters. The molecule has 0 saturated heterocycles. The van der Waals surface area contributed by atoms with Crippen LogP contribution < -0.4 is 5.73 Å². The summed E-state index contributed by atoms with van der Waals surface area (Å²) >= 11 is 0. The zero-order chi connectivity index (χ0) is 10.0. The molecular formula is C10H21N3. The Morgan fingerprint density at radius 2 is 2.15 bits per heavy atom. The van der Waals surface area contributed by atoms with Gasteiger partial charge in [-0.1, -0.05) is 20.3 Å². The van der Waals surface area contributed by atoms with Crippen LogP contribution in [0.3, 0.4) is 0 Å². The Bertz CT molecular complexity index is 198. The maximum Gasteiger partial charge on any atom is 0.191 e. The molecule has 1 aliphatic rings. The highest BCUT2D eigenvalue weighted by Gasteiger charge is 2.31. The van der Waals surface area contributed by atoms with Crippen LogP contribution in [0.1, 0.15) is 34.1 Å². The summed E-state index contributed by atoms with van der Waals surface area (Å²) in [5.74, 6) is 1.40. The lowest BCUT2D eigenvalue weighted by molar-refractivity contribution is 0.220. The van der Waals surface area contributed by atoms with Gasteiger partial charge in [-0.3, -0.25) is 4.99 Å². The summed E-state index contributed by atoms with van der Waals surface area (Å²) in [4.78, 5) is 6.55. The molecule has 0 amide bonds. The van der Waals surface area contributed by atoms with Crippen LogP contribution in [-0.2, 0) is 0 Å². The van der Waals surface area contributed by atoms with Gasteiger partial charge in [0.2, 0.25) is 0 Å². The zero-order valence-electron chi connectivity index (χ0n) is 9.12. The van der Waals surface area contributed by atoms with E-state index in [4.69, 9.17) is 5.73 Å². The number of hydrogen-bond donors (Lipinski definition) is 1. The summed E-state index contributed by atoms with van der Waals surface area (Å²) in [6.07, 6.45) is 1.19. The van der Waals surface area contributed by atoms with E-state index in [9.17, 15) is 0 Å². The summed E-state index contributed by atoms with van der Waals surface area (Å²) in [6.45, 7) is 9.71. The molecule has 76 valence electrons. The second-order valence-electron chi connectivity index (χ2n) is 4.15. The van der Waals surface area contributed by atoms with Gasteiger partial charge in [0, 0.05) is 6.04 Å². The second-order valence-corrected chi connectivity index (χ2v) is 4.15. The fraction of sp³-hybridized carbons (Fsp3) is 0.900. The van der Waals surface area contributed by atoms with E-state index in [-0.39, 0.29) is 0 Å². The first kappa shape index (κ1) is 10.4. The lowest BCUT2D eigenvalue weighted by Crippen LogP contribution is -2.47. The van der Waals surface area contributed by atoms with E-state index in [0.717, 1.165) is 12.5 Å². The molecule has 2 unspecified atom stereocenters. The topological polar surface area (TPSA) is 41.6 Å². The normalized spacial score (nSPS) is 25.2. The van der Waals surface area contributed by atoms with Gasteiger partial charge < -0.3 is 10.6 Å².